The maximum Gasteiger partial charge on any atom is 0.230 e. The van der Waals surface area contributed by atoms with E-state index in [1.54, 1.807) is 36.5 Å². The van der Waals surface area contributed by atoms with Crippen LogP contribution in [0, 0.1) is 37.0 Å². The molecule has 0 saturated heterocycles. The zero-order valence-electron chi connectivity index (χ0n) is 15.5. The Balaban J connectivity index is 1.80. The third-order valence-electron chi connectivity index (χ3n) is 3.88. The molecule has 0 saturated carbocycles. The van der Waals surface area contributed by atoms with Gasteiger partial charge in [0.05, 0.1) is 11.6 Å². The van der Waals surface area contributed by atoms with Gasteiger partial charge in [0, 0.05) is 23.5 Å². The number of aryl methyl sites for hydroxylation is 2. The summed E-state index contributed by atoms with van der Waals surface area (Å²) in [6, 6.07) is 14.6. The van der Waals surface area contributed by atoms with Gasteiger partial charge in [-0.2, -0.15) is 10.2 Å². The summed E-state index contributed by atoms with van der Waals surface area (Å²) in [6.45, 7) is 3.69. The molecule has 2 N–H and O–H groups in total. The summed E-state index contributed by atoms with van der Waals surface area (Å²) in [5.41, 5.74) is 4.02. The Kier molecular flexibility index (Phi) is 5.86. The Morgan fingerprint density at radius 3 is 2.43 bits per heavy atom. The van der Waals surface area contributed by atoms with E-state index < -0.39 is 0 Å². The molecule has 0 bridgehead atoms. The molecular formula is C22H18N4O2. The number of aliphatic hydroxyl groups excluding tert-OH is 1. The van der Waals surface area contributed by atoms with E-state index in [1.165, 1.54) is 0 Å². The third-order valence-corrected chi connectivity index (χ3v) is 3.88. The largest absolute Gasteiger partial charge is 0.438 e. The minimum absolute atomic E-state index is 0.174. The number of anilines is 2. The van der Waals surface area contributed by atoms with Crippen molar-refractivity contribution in [3.63, 3.8) is 0 Å². The molecule has 1 aromatic heterocycles. The Bertz CT molecular complexity index is 1070. The van der Waals surface area contributed by atoms with E-state index in [9.17, 15) is 0 Å². The quantitative estimate of drug-likeness (QED) is 0.678. The predicted molar refractivity (Wildman–Crippen MR) is 106 cm³/mol. The van der Waals surface area contributed by atoms with E-state index in [1.807, 2.05) is 26.0 Å². The van der Waals surface area contributed by atoms with Crippen molar-refractivity contribution in [1.29, 1.82) is 5.26 Å². The first-order valence-electron chi connectivity index (χ1n) is 8.58. The lowest BCUT2D eigenvalue weighted by atomic mass is 10.1. The van der Waals surface area contributed by atoms with Crippen LogP contribution in [0.15, 0.2) is 48.7 Å². The molecule has 1 heterocycles. The van der Waals surface area contributed by atoms with Crippen LogP contribution >= 0.6 is 0 Å². The van der Waals surface area contributed by atoms with Crippen LogP contribution in [0.5, 0.6) is 11.6 Å². The van der Waals surface area contributed by atoms with Crippen molar-refractivity contribution in [3.05, 3.63) is 70.9 Å². The van der Waals surface area contributed by atoms with Gasteiger partial charge in [-0.3, -0.25) is 0 Å². The fraction of sp³-hybridized carbons (Fsp3) is 0.136. The summed E-state index contributed by atoms with van der Waals surface area (Å²) in [6.07, 6.45) is 1.61. The molecule has 3 rings (SSSR count). The van der Waals surface area contributed by atoms with Crippen LogP contribution in [0.1, 0.15) is 22.3 Å². The number of nitrogens with one attached hydrogen (secondary N) is 1. The number of benzene rings is 2. The summed E-state index contributed by atoms with van der Waals surface area (Å²) < 4.78 is 5.98. The molecule has 0 amide bonds. The van der Waals surface area contributed by atoms with Gasteiger partial charge >= 0.3 is 0 Å². The first kappa shape index (κ1) is 18.9. The fourth-order valence-corrected chi connectivity index (χ4v) is 2.65. The van der Waals surface area contributed by atoms with Gasteiger partial charge in [0.1, 0.15) is 12.4 Å². The average molecular weight is 370 g/mol. The van der Waals surface area contributed by atoms with Crippen LogP contribution in [0.2, 0.25) is 0 Å². The molecule has 28 heavy (non-hydrogen) atoms. The molecule has 2 aromatic carbocycles. The van der Waals surface area contributed by atoms with Gasteiger partial charge < -0.3 is 15.2 Å². The molecule has 3 aromatic rings. The van der Waals surface area contributed by atoms with Crippen molar-refractivity contribution in [1.82, 2.24) is 9.97 Å². The second kappa shape index (κ2) is 8.68. The van der Waals surface area contributed by atoms with Crippen molar-refractivity contribution < 1.29 is 9.84 Å². The van der Waals surface area contributed by atoms with Crippen LogP contribution in [0.3, 0.4) is 0 Å². The van der Waals surface area contributed by atoms with Crippen molar-refractivity contribution in [3.8, 4) is 29.5 Å². The zero-order valence-corrected chi connectivity index (χ0v) is 15.5. The normalized spacial score (nSPS) is 9.79. The van der Waals surface area contributed by atoms with Gasteiger partial charge in [-0.15, -0.1) is 0 Å². The number of nitrogens with zero attached hydrogens (tertiary/aromatic N) is 3. The molecule has 0 atom stereocenters. The standard InChI is InChI=1S/C22H18N4O2/c1-15-12-18(4-3-11-27)13-16(2)21(15)28-20-9-10-24-22(26-20)25-19-7-5-17(14-23)6-8-19/h5-10,12-13,27H,11H2,1-2H3,(H,24,25,26). The second-order valence-electron chi connectivity index (χ2n) is 6.03. The van der Waals surface area contributed by atoms with Crippen LogP contribution < -0.4 is 10.1 Å². The van der Waals surface area contributed by atoms with Crippen LogP contribution in [0.4, 0.5) is 11.6 Å². The first-order valence-corrected chi connectivity index (χ1v) is 8.58. The number of rotatable bonds is 4. The molecule has 138 valence electrons. The van der Waals surface area contributed by atoms with Gasteiger partial charge in [-0.05, 0) is 61.4 Å². The highest BCUT2D eigenvalue weighted by molar-refractivity contribution is 5.55. The number of ether oxygens (including phenoxy) is 1. The lowest BCUT2D eigenvalue weighted by molar-refractivity contribution is 0.350. The Morgan fingerprint density at radius 1 is 1.07 bits per heavy atom. The summed E-state index contributed by atoms with van der Waals surface area (Å²) in [4.78, 5) is 8.59. The number of nitriles is 1. The maximum atomic E-state index is 8.87. The average Bonchev–Trinajstić information content (AvgIpc) is 2.70. The molecule has 0 aliphatic carbocycles. The Labute approximate surface area is 163 Å². The minimum atomic E-state index is -0.174. The number of hydrogen-bond donors (Lipinski definition) is 2. The molecule has 0 aliphatic heterocycles. The summed E-state index contributed by atoms with van der Waals surface area (Å²) >= 11 is 0. The Morgan fingerprint density at radius 2 is 1.79 bits per heavy atom. The monoisotopic (exact) mass is 370 g/mol. The molecule has 6 heteroatoms. The highest BCUT2D eigenvalue weighted by Crippen LogP contribution is 2.29. The van der Waals surface area contributed by atoms with E-state index >= 15 is 0 Å². The predicted octanol–water partition coefficient (Wildman–Crippen LogP) is 3.84. The van der Waals surface area contributed by atoms with Crippen LogP contribution in [0.25, 0.3) is 0 Å². The maximum absolute atomic E-state index is 8.87. The van der Waals surface area contributed by atoms with Crippen molar-refractivity contribution in [2.24, 2.45) is 0 Å². The van der Waals surface area contributed by atoms with Crippen molar-refractivity contribution in [2.45, 2.75) is 13.8 Å². The second-order valence-corrected chi connectivity index (χ2v) is 6.03. The van der Waals surface area contributed by atoms with Crippen molar-refractivity contribution in [2.75, 3.05) is 11.9 Å². The van der Waals surface area contributed by atoms with Crippen LogP contribution in [-0.4, -0.2) is 21.7 Å². The van der Waals surface area contributed by atoms with Gasteiger partial charge in [-0.1, -0.05) is 11.8 Å². The summed E-state index contributed by atoms with van der Waals surface area (Å²) in [7, 11) is 0. The highest BCUT2D eigenvalue weighted by atomic mass is 16.5. The van der Waals surface area contributed by atoms with Crippen LogP contribution in [-0.2, 0) is 0 Å². The van der Waals surface area contributed by atoms with E-state index in [2.05, 4.69) is 33.2 Å². The SMILES string of the molecule is Cc1cc(C#CCO)cc(C)c1Oc1ccnc(Nc2ccc(C#N)cc2)n1. The van der Waals surface area contributed by atoms with Gasteiger partial charge in [-0.25, -0.2) is 4.98 Å². The lowest BCUT2D eigenvalue weighted by Crippen LogP contribution is -1.99. The molecule has 6 nitrogen and oxygen atoms in total. The lowest BCUT2D eigenvalue weighted by Gasteiger charge is -2.12. The number of aliphatic hydroxyl groups is 1. The molecular weight excluding hydrogens is 352 g/mol. The third kappa shape index (κ3) is 4.64. The number of hydrogen-bond acceptors (Lipinski definition) is 6. The van der Waals surface area contributed by atoms with E-state index in [0.717, 1.165) is 22.4 Å². The van der Waals surface area contributed by atoms with Gasteiger partial charge in [0.25, 0.3) is 0 Å². The minimum Gasteiger partial charge on any atom is -0.438 e. The molecule has 0 fully saturated rings. The first-order chi connectivity index (χ1) is 13.6. The Hall–Kier alpha value is -3.87. The van der Waals surface area contributed by atoms with E-state index in [-0.39, 0.29) is 6.61 Å². The van der Waals surface area contributed by atoms with Crippen molar-refractivity contribution >= 4 is 11.6 Å². The summed E-state index contributed by atoms with van der Waals surface area (Å²) in [5.74, 6) is 7.05. The van der Waals surface area contributed by atoms with Gasteiger partial charge in [0.15, 0.2) is 0 Å². The smallest absolute Gasteiger partial charge is 0.230 e. The highest BCUT2D eigenvalue weighted by Gasteiger charge is 2.09. The van der Waals surface area contributed by atoms with E-state index in [0.29, 0.717) is 23.1 Å². The topological polar surface area (TPSA) is 91.1 Å². The fourth-order valence-electron chi connectivity index (χ4n) is 2.65. The molecule has 0 radical (unpaired) electrons. The molecule has 0 aliphatic rings. The number of aromatic nitrogens is 2. The molecule has 0 unspecified atom stereocenters. The summed E-state index contributed by atoms with van der Waals surface area (Å²) in [5, 5.41) is 20.8. The van der Waals surface area contributed by atoms with Gasteiger partial charge in [0.2, 0.25) is 11.8 Å². The molecule has 0 spiro atoms. The van der Waals surface area contributed by atoms with E-state index in [4.69, 9.17) is 15.1 Å². The zero-order chi connectivity index (χ0) is 19.9.